The summed E-state index contributed by atoms with van der Waals surface area (Å²) in [6, 6.07) is 2.33. The third-order valence-corrected chi connectivity index (χ3v) is 5.30. The topological polar surface area (TPSA) is 46.4 Å². The molecule has 0 unspecified atom stereocenters. The van der Waals surface area contributed by atoms with E-state index < -0.39 is 0 Å². The lowest BCUT2D eigenvalue weighted by Crippen LogP contribution is -2.38. The number of fused-ring (bicyclic) bond motifs is 3. The Kier molecular flexibility index (Phi) is 2.64. The molecule has 2 bridgehead atoms. The minimum atomic E-state index is 0.333. The van der Waals surface area contributed by atoms with Crippen LogP contribution in [0.3, 0.4) is 0 Å². The highest BCUT2D eigenvalue weighted by molar-refractivity contribution is 6.30. The van der Waals surface area contributed by atoms with Crippen molar-refractivity contribution in [3.63, 3.8) is 0 Å². The first-order chi connectivity index (χ1) is 10.7. The first-order valence-corrected chi connectivity index (χ1v) is 8.24. The lowest BCUT2D eigenvalue weighted by molar-refractivity contribution is 0.0990. The second kappa shape index (κ2) is 4.49. The molecule has 3 fully saturated rings. The minimum Gasteiger partial charge on any atom is -0.374 e. The highest BCUT2D eigenvalue weighted by Crippen LogP contribution is 2.37. The van der Waals surface area contributed by atoms with Crippen molar-refractivity contribution in [2.75, 3.05) is 36.0 Å². The van der Waals surface area contributed by atoms with Crippen LogP contribution >= 0.6 is 11.6 Å². The molecule has 3 saturated heterocycles. The standard InChI is InChI=1S/C15H18ClN5O/c1-19-11-6-12(16)17-14(21-7-10-5-9(21)8-22-10)13(11)18-15(19)20-3-2-4-20/h6,9-10H,2-5,7-8H2,1H3/t9-,10-/m1/s1. The van der Waals surface area contributed by atoms with Gasteiger partial charge in [-0.2, -0.15) is 0 Å². The number of halogens is 1. The summed E-state index contributed by atoms with van der Waals surface area (Å²) in [5.74, 6) is 1.94. The quantitative estimate of drug-likeness (QED) is 0.790. The van der Waals surface area contributed by atoms with Crippen molar-refractivity contribution in [1.29, 1.82) is 0 Å². The second-order valence-corrected chi connectivity index (χ2v) is 6.83. The van der Waals surface area contributed by atoms with Crippen molar-refractivity contribution >= 4 is 34.4 Å². The average molecular weight is 320 g/mol. The van der Waals surface area contributed by atoms with Crippen LogP contribution in [0.5, 0.6) is 0 Å². The van der Waals surface area contributed by atoms with Crippen LogP contribution in [-0.4, -0.2) is 52.9 Å². The lowest BCUT2D eigenvalue weighted by Gasteiger charge is -2.31. The number of aryl methyl sites for hydroxylation is 1. The van der Waals surface area contributed by atoms with Gasteiger partial charge in [-0.25, -0.2) is 9.97 Å². The highest BCUT2D eigenvalue weighted by atomic mass is 35.5. The molecule has 0 radical (unpaired) electrons. The molecule has 0 N–H and O–H groups in total. The number of ether oxygens (including phenoxy) is 1. The third-order valence-electron chi connectivity index (χ3n) is 5.11. The van der Waals surface area contributed by atoms with E-state index in [4.69, 9.17) is 21.3 Å². The molecule has 3 aliphatic rings. The van der Waals surface area contributed by atoms with Crippen LogP contribution in [0.1, 0.15) is 12.8 Å². The summed E-state index contributed by atoms with van der Waals surface area (Å²) in [6.45, 7) is 3.83. The van der Waals surface area contributed by atoms with Crippen molar-refractivity contribution < 1.29 is 4.74 Å². The van der Waals surface area contributed by atoms with Gasteiger partial charge in [0.2, 0.25) is 5.95 Å². The summed E-state index contributed by atoms with van der Waals surface area (Å²) in [5.41, 5.74) is 2.02. The Bertz CT molecular complexity index is 756. The Labute approximate surface area is 133 Å². The van der Waals surface area contributed by atoms with Crippen molar-refractivity contribution in [3.05, 3.63) is 11.2 Å². The molecule has 2 aromatic heterocycles. The van der Waals surface area contributed by atoms with Crippen LogP contribution < -0.4 is 9.80 Å². The Morgan fingerprint density at radius 3 is 2.82 bits per heavy atom. The van der Waals surface area contributed by atoms with E-state index in [1.807, 2.05) is 6.07 Å². The molecule has 116 valence electrons. The smallest absolute Gasteiger partial charge is 0.206 e. The molecule has 2 aromatic rings. The number of pyridine rings is 1. The number of anilines is 2. The maximum absolute atomic E-state index is 6.29. The molecule has 6 nitrogen and oxygen atoms in total. The van der Waals surface area contributed by atoms with Crippen molar-refractivity contribution in [2.45, 2.75) is 25.0 Å². The fourth-order valence-corrected chi connectivity index (χ4v) is 3.97. The van der Waals surface area contributed by atoms with Gasteiger partial charge in [0.15, 0.2) is 5.82 Å². The van der Waals surface area contributed by atoms with E-state index >= 15 is 0 Å². The first kappa shape index (κ1) is 13.0. The molecule has 0 spiro atoms. The number of hydrogen-bond acceptors (Lipinski definition) is 5. The van der Waals surface area contributed by atoms with Gasteiger partial charge in [0.05, 0.1) is 24.3 Å². The number of hydrogen-bond donors (Lipinski definition) is 0. The minimum absolute atomic E-state index is 0.333. The largest absolute Gasteiger partial charge is 0.374 e. The van der Waals surface area contributed by atoms with Crippen LogP contribution in [0.25, 0.3) is 11.0 Å². The van der Waals surface area contributed by atoms with Crippen molar-refractivity contribution in [1.82, 2.24) is 14.5 Å². The van der Waals surface area contributed by atoms with Gasteiger partial charge in [0.25, 0.3) is 0 Å². The second-order valence-electron chi connectivity index (χ2n) is 6.44. The normalized spacial score (nSPS) is 27.0. The average Bonchev–Trinajstić information content (AvgIpc) is 3.13. The molecule has 3 aliphatic heterocycles. The number of morpholine rings is 1. The molecule has 5 heterocycles. The van der Waals surface area contributed by atoms with E-state index in [1.165, 1.54) is 6.42 Å². The van der Waals surface area contributed by atoms with E-state index in [0.29, 0.717) is 17.3 Å². The monoisotopic (exact) mass is 319 g/mol. The molecular formula is C15H18ClN5O. The summed E-state index contributed by atoms with van der Waals surface area (Å²) in [6.07, 6.45) is 2.66. The molecular weight excluding hydrogens is 302 g/mol. The van der Waals surface area contributed by atoms with E-state index in [1.54, 1.807) is 0 Å². The van der Waals surface area contributed by atoms with E-state index in [9.17, 15) is 0 Å². The molecule has 0 amide bonds. The van der Waals surface area contributed by atoms with Gasteiger partial charge in [0.1, 0.15) is 10.7 Å². The predicted octanol–water partition coefficient (Wildman–Crippen LogP) is 1.81. The predicted molar refractivity (Wildman–Crippen MR) is 85.8 cm³/mol. The van der Waals surface area contributed by atoms with Crippen LogP contribution in [-0.2, 0) is 11.8 Å². The zero-order valence-corrected chi connectivity index (χ0v) is 13.3. The Morgan fingerprint density at radius 2 is 2.18 bits per heavy atom. The Morgan fingerprint density at radius 1 is 1.32 bits per heavy atom. The number of nitrogens with zero attached hydrogens (tertiary/aromatic N) is 5. The van der Waals surface area contributed by atoms with Crippen molar-refractivity contribution in [3.8, 4) is 0 Å². The molecule has 2 atom stereocenters. The Hall–Kier alpha value is -1.53. The lowest BCUT2D eigenvalue weighted by atomic mass is 10.2. The van der Waals surface area contributed by atoms with Gasteiger partial charge in [-0.3, -0.25) is 0 Å². The van der Waals surface area contributed by atoms with E-state index in [-0.39, 0.29) is 0 Å². The van der Waals surface area contributed by atoms with Gasteiger partial charge < -0.3 is 19.1 Å². The van der Waals surface area contributed by atoms with Crippen LogP contribution in [0.15, 0.2) is 6.07 Å². The summed E-state index contributed by atoms with van der Waals surface area (Å²) in [5, 5.41) is 0.532. The molecule has 0 aliphatic carbocycles. The number of aromatic nitrogens is 3. The van der Waals surface area contributed by atoms with E-state index in [2.05, 4.69) is 26.4 Å². The SMILES string of the molecule is Cn1c(N2CCC2)nc2c(N3C[C@H]4C[C@@H]3CO4)nc(Cl)cc21. The van der Waals surface area contributed by atoms with Gasteiger partial charge in [-0.15, -0.1) is 0 Å². The number of rotatable bonds is 2. The molecule has 0 aromatic carbocycles. The summed E-state index contributed by atoms with van der Waals surface area (Å²) < 4.78 is 7.84. The van der Waals surface area contributed by atoms with Crippen molar-refractivity contribution in [2.24, 2.45) is 7.05 Å². The van der Waals surface area contributed by atoms with Gasteiger partial charge in [-0.05, 0) is 12.8 Å². The van der Waals surface area contributed by atoms with Crippen LogP contribution in [0, 0.1) is 0 Å². The van der Waals surface area contributed by atoms with E-state index in [0.717, 1.165) is 55.5 Å². The first-order valence-electron chi connectivity index (χ1n) is 7.87. The third kappa shape index (κ3) is 1.71. The van der Waals surface area contributed by atoms with Crippen LogP contribution in [0.4, 0.5) is 11.8 Å². The fourth-order valence-electron chi connectivity index (χ4n) is 3.79. The van der Waals surface area contributed by atoms with Gasteiger partial charge in [0, 0.05) is 32.7 Å². The maximum Gasteiger partial charge on any atom is 0.206 e. The fraction of sp³-hybridized carbons (Fsp3) is 0.600. The summed E-state index contributed by atoms with van der Waals surface area (Å²) >= 11 is 6.29. The molecule has 5 rings (SSSR count). The molecule has 0 saturated carbocycles. The summed E-state index contributed by atoms with van der Waals surface area (Å²) in [7, 11) is 2.06. The molecule has 22 heavy (non-hydrogen) atoms. The zero-order chi connectivity index (χ0) is 14.8. The highest BCUT2D eigenvalue weighted by Gasteiger charge is 2.41. The van der Waals surface area contributed by atoms with Gasteiger partial charge in [-0.1, -0.05) is 11.6 Å². The number of imidazole rings is 1. The summed E-state index contributed by atoms with van der Waals surface area (Å²) in [4.78, 5) is 14.1. The molecule has 7 heteroatoms. The van der Waals surface area contributed by atoms with Crippen LogP contribution in [0.2, 0.25) is 5.15 Å². The Balaban J connectivity index is 1.67. The zero-order valence-electron chi connectivity index (χ0n) is 12.5. The van der Waals surface area contributed by atoms with Gasteiger partial charge >= 0.3 is 0 Å². The maximum atomic E-state index is 6.29.